The van der Waals surface area contributed by atoms with E-state index in [0.29, 0.717) is 16.1 Å². The van der Waals surface area contributed by atoms with E-state index in [9.17, 15) is 14.4 Å². The van der Waals surface area contributed by atoms with E-state index in [1.54, 1.807) is 49.4 Å². The zero-order valence-corrected chi connectivity index (χ0v) is 21.7. The Kier molecular flexibility index (Phi) is 8.04. The van der Waals surface area contributed by atoms with Crippen LogP contribution in [0.5, 0.6) is 11.5 Å². The van der Waals surface area contributed by atoms with E-state index in [1.165, 1.54) is 4.90 Å². The molecule has 0 atom stereocenters. The smallest absolute Gasteiger partial charge is 0.343 e. The maximum atomic E-state index is 13.0. The first-order valence-electron chi connectivity index (χ1n) is 11.0. The van der Waals surface area contributed by atoms with Gasteiger partial charge in [-0.05, 0) is 84.8 Å². The van der Waals surface area contributed by atoms with Crippen LogP contribution in [-0.4, -0.2) is 28.6 Å². The van der Waals surface area contributed by atoms with Crippen molar-refractivity contribution in [2.24, 2.45) is 0 Å². The van der Waals surface area contributed by atoms with Crippen molar-refractivity contribution in [2.45, 2.75) is 20.4 Å². The van der Waals surface area contributed by atoms with Crippen LogP contribution in [0.2, 0.25) is 10.0 Å². The van der Waals surface area contributed by atoms with E-state index in [4.69, 9.17) is 32.7 Å². The van der Waals surface area contributed by atoms with Crippen LogP contribution in [-0.2, 0) is 11.3 Å². The highest BCUT2D eigenvalue weighted by molar-refractivity contribution is 8.18. The molecule has 0 unspecified atom stereocenters. The van der Waals surface area contributed by atoms with Crippen molar-refractivity contribution in [3.05, 3.63) is 97.9 Å². The largest absolute Gasteiger partial charge is 0.490 e. The van der Waals surface area contributed by atoms with E-state index < -0.39 is 5.97 Å². The molecule has 0 bridgehead atoms. The molecular weight excluding hydrogens is 521 g/mol. The molecule has 0 radical (unpaired) electrons. The van der Waals surface area contributed by atoms with Gasteiger partial charge in [-0.25, -0.2) is 4.79 Å². The number of benzene rings is 3. The normalized spacial score (nSPS) is 14.4. The van der Waals surface area contributed by atoms with Gasteiger partial charge in [0.05, 0.1) is 28.6 Å². The molecule has 1 fully saturated rings. The van der Waals surface area contributed by atoms with Gasteiger partial charge in [0.25, 0.3) is 11.1 Å². The SMILES string of the molecule is CCOc1cc(/C=C2\SC(=O)N(Cc3ccccc3C)C2=O)cc(Cl)c1OC(=O)c1ccc(Cl)cc1. The molecule has 4 rings (SSSR count). The summed E-state index contributed by atoms with van der Waals surface area (Å²) < 4.78 is 11.2. The summed E-state index contributed by atoms with van der Waals surface area (Å²) in [5.41, 5.74) is 2.72. The van der Waals surface area contributed by atoms with Crippen LogP contribution in [0.4, 0.5) is 4.79 Å². The molecule has 0 saturated carbocycles. The maximum Gasteiger partial charge on any atom is 0.343 e. The highest BCUT2D eigenvalue weighted by Crippen LogP contribution is 2.40. The van der Waals surface area contributed by atoms with Crippen LogP contribution in [0.25, 0.3) is 6.08 Å². The standard InChI is InChI=1S/C27H21Cl2NO5S/c1-3-34-22-13-17(12-21(29)24(22)35-26(32)18-8-10-20(28)11-9-18)14-23-25(31)30(27(33)36-23)15-19-7-5-4-6-16(19)2/h4-14H,3,15H2,1-2H3/b23-14-. The summed E-state index contributed by atoms with van der Waals surface area (Å²) >= 11 is 13.2. The van der Waals surface area contributed by atoms with Gasteiger partial charge in [0.2, 0.25) is 0 Å². The molecule has 1 saturated heterocycles. The second-order valence-electron chi connectivity index (χ2n) is 7.85. The van der Waals surface area contributed by atoms with Gasteiger partial charge in [-0.1, -0.05) is 47.5 Å². The fourth-order valence-corrected chi connectivity index (χ4v) is 4.74. The lowest BCUT2D eigenvalue weighted by atomic mass is 10.1. The molecule has 1 aliphatic rings. The third-order valence-corrected chi connectivity index (χ3v) is 6.81. The predicted octanol–water partition coefficient (Wildman–Crippen LogP) is 7.16. The Labute approximate surface area is 222 Å². The minimum Gasteiger partial charge on any atom is -0.490 e. The first kappa shape index (κ1) is 25.8. The number of nitrogens with zero attached hydrogens (tertiary/aromatic N) is 1. The minimum absolute atomic E-state index is 0.0586. The fraction of sp³-hybridized carbons (Fsp3) is 0.148. The molecule has 184 valence electrons. The van der Waals surface area contributed by atoms with Crippen molar-refractivity contribution in [1.82, 2.24) is 4.90 Å². The Morgan fingerprint density at radius 1 is 1.06 bits per heavy atom. The van der Waals surface area contributed by atoms with Gasteiger partial charge in [-0.15, -0.1) is 0 Å². The van der Waals surface area contributed by atoms with E-state index in [0.717, 1.165) is 22.9 Å². The highest BCUT2D eigenvalue weighted by Gasteiger charge is 2.35. The number of carbonyl (C=O) groups is 3. The number of thioether (sulfide) groups is 1. The van der Waals surface area contributed by atoms with Crippen LogP contribution in [0.3, 0.4) is 0 Å². The molecule has 0 spiro atoms. The quantitative estimate of drug-likeness (QED) is 0.179. The Hall–Kier alpha value is -3.26. The van der Waals surface area contributed by atoms with Crippen molar-refractivity contribution >= 4 is 58.2 Å². The van der Waals surface area contributed by atoms with E-state index >= 15 is 0 Å². The topological polar surface area (TPSA) is 72.9 Å². The van der Waals surface area contributed by atoms with Crippen LogP contribution < -0.4 is 9.47 Å². The van der Waals surface area contributed by atoms with E-state index in [-0.39, 0.29) is 45.7 Å². The average Bonchev–Trinajstić information content (AvgIpc) is 3.10. The van der Waals surface area contributed by atoms with Crippen molar-refractivity contribution in [2.75, 3.05) is 6.61 Å². The van der Waals surface area contributed by atoms with Crippen molar-refractivity contribution in [1.29, 1.82) is 0 Å². The molecule has 0 N–H and O–H groups in total. The molecule has 0 aromatic heterocycles. The van der Waals surface area contributed by atoms with Gasteiger partial charge >= 0.3 is 5.97 Å². The molecule has 9 heteroatoms. The molecule has 6 nitrogen and oxygen atoms in total. The molecule has 1 heterocycles. The number of carbonyl (C=O) groups excluding carboxylic acids is 3. The molecule has 3 aromatic rings. The number of imide groups is 1. The Balaban J connectivity index is 1.59. The van der Waals surface area contributed by atoms with Gasteiger partial charge in [-0.3, -0.25) is 14.5 Å². The third-order valence-electron chi connectivity index (χ3n) is 5.37. The number of hydrogen-bond donors (Lipinski definition) is 0. The third kappa shape index (κ3) is 5.75. The van der Waals surface area contributed by atoms with Gasteiger partial charge < -0.3 is 9.47 Å². The second kappa shape index (κ2) is 11.2. The number of halogens is 2. The summed E-state index contributed by atoms with van der Waals surface area (Å²) in [5.74, 6) is -0.721. The predicted molar refractivity (Wildman–Crippen MR) is 142 cm³/mol. The Bertz CT molecular complexity index is 1370. The zero-order valence-electron chi connectivity index (χ0n) is 19.4. The van der Waals surface area contributed by atoms with Crippen molar-refractivity contribution in [3.8, 4) is 11.5 Å². The number of esters is 1. The minimum atomic E-state index is -0.625. The number of rotatable bonds is 7. The lowest BCUT2D eigenvalue weighted by molar-refractivity contribution is -0.123. The van der Waals surface area contributed by atoms with E-state index in [1.807, 2.05) is 31.2 Å². The van der Waals surface area contributed by atoms with Crippen molar-refractivity contribution < 1.29 is 23.9 Å². The molecule has 0 aliphatic carbocycles. The fourth-order valence-electron chi connectivity index (χ4n) is 3.52. The number of amides is 2. The number of aryl methyl sites for hydroxylation is 1. The van der Waals surface area contributed by atoms with Gasteiger partial charge in [-0.2, -0.15) is 0 Å². The first-order valence-corrected chi connectivity index (χ1v) is 12.6. The second-order valence-corrected chi connectivity index (χ2v) is 9.69. The van der Waals surface area contributed by atoms with Gasteiger partial charge in [0.15, 0.2) is 11.5 Å². The molecule has 1 aliphatic heterocycles. The zero-order chi connectivity index (χ0) is 25.8. The van der Waals surface area contributed by atoms with Gasteiger partial charge in [0, 0.05) is 5.02 Å². The van der Waals surface area contributed by atoms with Crippen LogP contribution in [0.15, 0.2) is 65.6 Å². The lowest BCUT2D eigenvalue weighted by Gasteiger charge is -2.14. The monoisotopic (exact) mass is 541 g/mol. The van der Waals surface area contributed by atoms with Crippen molar-refractivity contribution in [3.63, 3.8) is 0 Å². The molecule has 3 aromatic carbocycles. The summed E-state index contributed by atoms with van der Waals surface area (Å²) in [6, 6.07) is 17.0. The average molecular weight is 542 g/mol. The Morgan fingerprint density at radius 3 is 2.47 bits per heavy atom. The van der Waals surface area contributed by atoms with Crippen LogP contribution in [0.1, 0.15) is 34.0 Å². The maximum absolute atomic E-state index is 13.0. The van der Waals surface area contributed by atoms with Crippen LogP contribution >= 0.6 is 35.0 Å². The summed E-state index contributed by atoms with van der Waals surface area (Å²) in [6.07, 6.45) is 1.57. The summed E-state index contributed by atoms with van der Waals surface area (Å²) in [4.78, 5) is 39.7. The molecule has 2 amide bonds. The number of hydrogen-bond acceptors (Lipinski definition) is 6. The highest BCUT2D eigenvalue weighted by atomic mass is 35.5. The summed E-state index contributed by atoms with van der Waals surface area (Å²) in [6.45, 7) is 4.20. The molecular formula is C27H21Cl2NO5S. The van der Waals surface area contributed by atoms with E-state index in [2.05, 4.69) is 0 Å². The summed E-state index contributed by atoms with van der Waals surface area (Å²) in [5, 5.41) is 0.264. The molecule has 36 heavy (non-hydrogen) atoms. The van der Waals surface area contributed by atoms with Crippen LogP contribution in [0, 0.1) is 6.92 Å². The number of ether oxygens (including phenoxy) is 2. The first-order chi connectivity index (χ1) is 17.3. The summed E-state index contributed by atoms with van der Waals surface area (Å²) in [7, 11) is 0. The lowest BCUT2D eigenvalue weighted by Crippen LogP contribution is -2.27. The Morgan fingerprint density at radius 2 is 1.78 bits per heavy atom. The van der Waals surface area contributed by atoms with Gasteiger partial charge in [0.1, 0.15) is 0 Å².